The number of carbonyl (C=O) groups is 2. The van der Waals surface area contributed by atoms with Crippen LogP contribution in [0.4, 0.5) is 5.00 Å². The summed E-state index contributed by atoms with van der Waals surface area (Å²) in [5.41, 5.74) is 2.73. The Morgan fingerprint density at radius 1 is 1.22 bits per heavy atom. The van der Waals surface area contributed by atoms with Crippen LogP contribution in [0.25, 0.3) is 0 Å². The van der Waals surface area contributed by atoms with E-state index in [1.807, 2.05) is 20.8 Å². The minimum atomic E-state index is -0.556. The molecule has 0 atom stereocenters. The number of aryl methyl sites for hydroxylation is 2. The lowest BCUT2D eigenvalue weighted by Crippen LogP contribution is -2.20. The summed E-state index contributed by atoms with van der Waals surface area (Å²) in [6.45, 7) is 5.24. The summed E-state index contributed by atoms with van der Waals surface area (Å²) in [5, 5.41) is 12.2. The number of thiophene rings is 1. The zero-order valence-corrected chi connectivity index (χ0v) is 13.9. The Balaban J connectivity index is 1.96. The zero-order valence-electron chi connectivity index (χ0n) is 13.1. The molecule has 1 N–H and O–H groups in total. The van der Waals surface area contributed by atoms with Crippen molar-refractivity contribution in [3.63, 3.8) is 0 Å². The van der Waals surface area contributed by atoms with Gasteiger partial charge in [0.2, 0.25) is 0 Å². The highest BCUT2D eigenvalue weighted by molar-refractivity contribution is 7.16. The summed E-state index contributed by atoms with van der Waals surface area (Å²) in [7, 11) is 0. The molecule has 1 amide bonds. The van der Waals surface area contributed by atoms with Crippen LogP contribution in [0.1, 0.15) is 31.9 Å². The van der Waals surface area contributed by atoms with Crippen LogP contribution in [0.5, 0.6) is 0 Å². The molecule has 118 valence electrons. The fraction of sp³-hybridized carbons (Fsp3) is 0.235. The molecule has 0 saturated heterocycles. The SMILES string of the molecule is Cc1ccc(C(=O)OCC(=O)Nc2sc(C)c(C)c2C#N)cc1. The number of hydrogen-bond acceptors (Lipinski definition) is 5. The van der Waals surface area contributed by atoms with Gasteiger partial charge in [-0.2, -0.15) is 5.26 Å². The summed E-state index contributed by atoms with van der Waals surface area (Å²) in [5.74, 6) is -1.03. The monoisotopic (exact) mass is 328 g/mol. The highest BCUT2D eigenvalue weighted by atomic mass is 32.1. The number of esters is 1. The van der Waals surface area contributed by atoms with Crippen LogP contribution >= 0.6 is 11.3 Å². The topological polar surface area (TPSA) is 79.2 Å². The molecule has 0 aliphatic heterocycles. The Morgan fingerprint density at radius 2 is 1.87 bits per heavy atom. The summed E-state index contributed by atoms with van der Waals surface area (Å²) < 4.78 is 4.98. The van der Waals surface area contributed by atoms with Crippen molar-refractivity contribution in [3.8, 4) is 6.07 Å². The highest BCUT2D eigenvalue weighted by Gasteiger charge is 2.16. The molecule has 0 aliphatic rings. The standard InChI is InChI=1S/C17H16N2O3S/c1-10-4-6-13(7-5-10)17(21)22-9-15(20)19-16-14(8-18)11(2)12(3)23-16/h4-7H,9H2,1-3H3,(H,19,20). The van der Waals surface area contributed by atoms with Crippen LogP contribution in [0.2, 0.25) is 0 Å². The van der Waals surface area contributed by atoms with Crippen molar-refractivity contribution in [1.82, 2.24) is 0 Å². The molecular weight excluding hydrogens is 312 g/mol. The fourth-order valence-corrected chi connectivity index (χ4v) is 2.94. The van der Waals surface area contributed by atoms with Gasteiger partial charge in [-0.05, 0) is 38.5 Å². The highest BCUT2D eigenvalue weighted by Crippen LogP contribution is 2.31. The third-order valence-corrected chi connectivity index (χ3v) is 4.49. The number of ether oxygens (including phenoxy) is 1. The first-order valence-electron chi connectivity index (χ1n) is 6.96. The smallest absolute Gasteiger partial charge is 0.338 e. The zero-order chi connectivity index (χ0) is 17.0. The molecule has 5 nitrogen and oxygen atoms in total. The Labute approximate surface area is 138 Å². The van der Waals surface area contributed by atoms with E-state index >= 15 is 0 Å². The van der Waals surface area contributed by atoms with E-state index in [2.05, 4.69) is 11.4 Å². The van der Waals surface area contributed by atoms with Crippen molar-refractivity contribution in [2.45, 2.75) is 20.8 Å². The number of anilines is 1. The maximum Gasteiger partial charge on any atom is 0.338 e. The maximum absolute atomic E-state index is 11.9. The first kappa shape index (κ1) is 16.7. The van der Waals surface area contributed by atoms with Crippen LogP contribution in [0, 0.1) is 32.1 Å². The first-order chi connectivity index (χ1) is 10.9. The molecule has 0 fully saturated rings. The van der Waals surface area contributed by atoms with E-state index in [1.165, 1.54) is 11.3 Å². The number of amides is 1. The van der Waals surface area contributed by atoms with Gasteiger partial charge in [0.15, 0.2) is 6.61 Å². The number of rotatable bonds is 4. The van der Waals surface area contributed by atoms with Gasteiger partial charge in [-0.15, -0.1) is 11.3 Å². The van der Waals surface area contributed by atoms with Gasteiger partial charge in [-0.25, -0.2) is 4.79 Å². The molecule has 1 aromatic carbocycles. The third-order valence-electron chi connectivity index (χ3n) is 3.37. The van der Waals surface area contributed by atoms with Crippen molar-refractivity contribution in [1.29, 1.82) is 5.26 Å². The van der Waals surface area contributed by atoms with Crippen molar-refractivity contribution < 1.29 is 14.3 Å². The summed E-state index contributed by atoms with van der Waals surface area (Å²) >= 11 is 1.33. The normalized spacial score (nSPS) is 10.0. The van der Waals surface area contributed by atoms with E-state index in [9.17, 15) is 9.59 Å². The van der Waals surface area contributed by atoms with E-state index in [1.54, 1.807) is 24.3 Å². The molecule has 1 heterocycles. The molecule has 6 heteroatoms. The fourth-order valence-electron chi connectivity index (χ4n) is 1.92. The molecular formula is C17H16N2O3S. The number of nitrogens with one attached hydrogen (secondary N) is 1. The molecule has 2 aromatic rings. The van der Waals surface area contributed by atoms with E-state index in [0.717, 1.165) is 16.0 Å². The van der Waals surface area contributed by atoms with E-state index in [0.29, 0.717) is 16.1 Å². The van der Waals surface area contributed by atoms with Crippen LogP contribution in [-0.2, 0) is 9.53 Å². The van der Waals surface area contributed by atoms with Crippen molar-refractivity contribution in [2.24, 2.45) is 0 Å². The van der Waals surface area contributed by atoms with Crippen molar-refractivity contribution >= 4 is 28.2 Å². The van der Waals surface area contributed by atoms with Gasteiger partial charge in [-0.3, -0.25) is 4.79 Å². The molecule has 0 radical (unpaired) electrons. The molecule has 0 saturated carbocycles. The molecule has 2 rings (SSSR count). The minimum Gasteiger partial charge on any atom is -0.452 e. The van der Waals surface area contributed by atoms with Crippen LogP contribution in [-0.4, -0.2) is 18.5 Å². The first-order valence-corrected chi connectivity index (χ1v) is 7.77. The van der Waals surface area contributed by atoms with Gasteiger partial charge in [-0.1, -0.05) is 17.7 Å². The molecule has 0 unspecified atom stereocenters. The second-order valence-corrected chi connectivity index (χ2v) is 6.31. The van der Waals surface area contributed by atoms with Gasteiger partial charge in [0.25, 0.3) is 5.91 Å². The third kappa shape index (κ3) is 3.96. The van der Waals surface area contributed by atoms with Gasteiger partial charge in [0.05, 0.1) is 11.1 Å². The van der Waals surface area contributed by atoms with E-state index in [-0.39, 0.29) is 0 Å². The van der Waals surface area contributed by atoms with Crippen molar-refractivity contribution in [3.05, 3.63) is 51.4 Å². The lowest BCUT2D eigenvalue weighted by Gasteiger charge is -2.06. The number of benzene rings is 1. The Kier molecular flexibility index (Phi) is 5.14. The summed E-state index contributed by atoms with van der Waals surface area (Å²) in [6.07, 6.45) is 0. The Morgan fingerprint density at radius 3 is 2.48 bits per heavy atom. The quantitative estimate of drug-likeness (QED) is 0.873. The molecule has 23 heavy (non-hydrogen) atoms. The van der Waals surface area contributed by atoms with Gasteiger partial charge in [0, 0.05) is 4.88 Å². The number of nitrogens with zero attached hydrogens (tertiary/aromatic N) is 1. The van der Waals surface area contributed by atoms with Crippen LogP contribution < -0.4 is 5.32 Å². The molecule has 0 aliphatic carbocycles. The summed E-state index contributed by atoms with van der Waals surface area (Å²) in [4.78, 5) is 24.7. The maximum atomic E-state index is 11.9. The van der Waals surface area contributed by atoms with E-state index in [4.69, 9.17) is 10.00 Å². The number of nitriles is 1. The Bertz CT molecular complexity index is 785. The van der Waals surface area contributed by atoms with Gasteiger partial charge >= 0.3 is 5.97 Å². The number of carbonyl (C=O) groups excluding carboxylic acids is 2. The second-order valence-electron chi connectivity index (χ2n) is 5.09. The predicted molar refractivity (Wildman–Crippen MR) is 88.6 cm³/mol. The number of hydrogen-bond donors (Lipinski definition) is 1. The molecule has 1 aromatic heterocycles. The average molecular weight is 328 g/mol. The van der Waals surface area contributed by atoms with Crippen molar-refractivity contribution in [2.75, 3.05) is 11.9 Å². The predicted octanol–water partition coefficient (Wildman–Crippen LogP) is 3.34. The van der Waals surface area contributed by atoms with E-state index < -0.39 is 18.5 Å². The largest absolute Gasteiger partial charge is 0.452 e. The molecule has 0 bridgehead atoms. The minimum absolute atomic E-state index is 0.393. The Hall–Kier alpha value is -2.65. The lowest BCUT2D eigenvalue weighted by atomic mass is 10.1. The van der Waals surface area contributed by atoms with Gasteiger partial charge < -0.3 is 10.1 Å². The second kappa shape index (κ2) is 7.07. The summed E-state index contributed by atoms with van der Waals surface area (Å²) in [6, 6.07) is 8.97. The van der Waals surface area contributed by atoms with Crippen LogP contribution in [0.15, 0.2) is 24.3 Å². The van der Waals surface area contributed by atoms with Gasteiger partial charge in [0.1, 0.15) is 11.1 Å². The lowest BCUT2D eigenvalue weighted by molar-refractivity contribution is -0.119. The molecule has 0 spiro atoms. The van der Waals surface area contributed by atoms with Crippen LogP contribution in [0.3, 0.4) is 0 Å². The average Bonchev–Trinajstić information content (AvgIpc) is 2.79.